The van der Waals surface area contributed by atoms with Crippen LogP contribution in [0.15, 0.2) is 67.0 Å². The van der Waals surface area contributed by atoms with Crippen molar-refractivity contribution in [2.45, 2.75) is 44.2 Å². The Morgan fingerprint density at radius 2 is 1.71 bits per heavy atom. The van der Waals surface area contributed by atoms with Gasteiger partial charge in [-0.25, -0.2) is 19.4 Å². The highest BCUT2D eigenvalue weighted by Crippen LogP contribution is 2.59. The Kier molecular flexibility index (Phi) is 4.93. The number of amides is 2. The fourth-order valence-electron chi connectivity index (χ4n) is 5.20. The summed E-state index contributed by atoms with van der Waals surface area (Å²) in [7, 11) is 0. The predicted octanol–water partition coefficient (Wildman–Crippen LogP) is 4.22. The number of para-hydroxylation sites is 1. The Balaban J connectivity index is 1.33. The molecule has 1 saturated carbocycles. The highest BCUT2D eigenvalue weighted by atomic mass is 16.3. The lowest BCUT2D eigenvalue weighted by Crippen LogP contribution is -2.39. The van der Waals surface area contributed by atoms with Crippen LogP contribution in [0.3, 0.4) is 0 Å². The molecule has 2 aliphatic rings. The highest BCUT2D eigenvalue weighted by molar-refractivity contribution is 5.91. The zero-order valence-corrected chi connectivity index (χ0v) is 19.6. The number of hydrogen-bond acceptors (Lipinski definition) is 5. The van der Waals surface area contributed by atoms with Crippen molar-refractivity contribution < 1.29 is 9.90 Å². The van der Waals surface area contributed by atoms with Crippen molar-refractivity contribution in [2.75, 3.05) is 5.32 Å². The topological polar surface area (TPSA) is 105 Å². The number of aryl methyl sites for hydroxylation is 1. The van der Waals surface area contributed by atoms with E-state index in [1.165, 1.54) is 0 Å². The van der Waals surface area contributed by atoms with Gasteiger partial charge in [0.25, 0.3) is 0 Å². The summed E-state index contributed by atoms with van der Waals surface area (Å²) >= 11 is 0. The monoisotopic (exact) mass is 466 g/mol. The second-order valence-corrected chi connectivity index (χ2v) is 9.35. The number of benzene rings is 2. The van der Waals surface area contributed by atoms with Gasteiger partial charge in [-0.3, -0.25) is 5.32 Å². The second kappa shape index (κ2) is 8.02. The number of nitrogens with one attached hydrogen (secondary N) is 2. The Labute approximate surface area is 203 Å². The molecule has 0 radical (unpaired) electrons. The molecular formula is C27H26N6O2. The van der Waals surface area contributed by atoms with E-state index in [9.17, 15) is 9.90 Å². The summed E-state index contributed by atoms with van der Waals surface area (Å²) in [6, 6.07) is 16.8. The molecule has 176 valence electrons. The van der Waals surface area contributed by atoms with E-state index in [2.05, 4.69) is 26.7 Å². The number of carbonyl (C=O) groups is 1. The van der Waals surface area contributed by atoms with Crippen LogP contribution in [-0.2, 0) is 5.41 Å². The van der Waals surface area contributed by atoms with Crippen LogP contribution in [0, 0.1) is 13.8 Å². The molecular weight excluding hydrogens is 440 g/mol. The summed E-state index contributed by atoms with van der Waals surface area (Å²) in [5.74, 6) is 1.22. The van der Waals surface area contributed by atoms with E-state index >= 15 is 0 Å². The number of aliphatic hydroxyl groups excluding tert-OH is 1. The lowest BCUT2D eigenvalue weighted by Gasteiger charge is -2.21. The number of rotatable bonds is 4. The van der Waals surface area contributed by atoms with Gasteiger partial charge in [-0.1, -0.05) is 42.5 Å². The van der Waals surface area contributed by atoms with E-state index in [-0.39, 0.29) is 5.41 Å². The van der Waals surface area contributed by atoms with Crippen LogP contribution >= 0.6 is 0 Å². The Morgan fingerprint density at radius 1 is 1.03 bits per heavy atom. The Bertz CT molecular complexity index is 1410. The van der Waals surface area contributed by atoms with Gasteiger partial charge in [-0.15, -0.1) is 0 Å². The molecule has 6 rings (SSSR count). The van der Waals surface area contributed by atoms with Gasteiger partial charge in [-0.05, 0) is 49.9 Å². The van der Waals surface area contributed by atoms with Crippen molar-refractivity contribution >= 4 is 11.8 Å². The summed E-state index contributed by atoms with van der Waals surface area (Å²) in [6.07, 6.45) is 4.70. The van der Waals surface area contributed by atoms with Crippen molar-refractivity contribution in [1.29, 1.82) is 0 Å². The Hall–Kier alpha value is -4.04. The number of carbonyl (C=O) groups excluding carboxylic acids is 1. The van der Waals surface area contributed by atoms with Crippen LogP contribution in [0.1, 0.15) is 41.4 Å². The number of aromatic nitrogens is 4. The quantitative estimate of drug-likeness (QED) is 0.418. The molecule has 2 aromatic heterocycles. The molecule has 2 aliphatic carbocycles. The SMILES string of the molecule is Cc1ncc(-c2nn(-c3ccccc3)c(NC(=O)NC3c4ccccc4C4(CC4)[C@H]3O)c2C)cn1. The standard InChI is InChI=1S/C27H26N6O2/c1-16-22(18-14-28-17(2)29-15-18)32-33(19-8-4-3-5-9-19)25(16)31-26(35)30-23-20-10-6-7-11-21(20)27(12-13-27)24(23)34/h3-11,14-15,23-24,34H,12-13H2,1-2H3,(H2,30,31,35)/t23?,24-/m0/s1. The zero-order valence-electron chi connectivity index (χ0n) is 19.6. The second-order valence-electron chi connectivity index (χ2n) is 9.35. The maximum atomic E-state index is 13.3. The summed E-state index contributed by atoms with van der Waals surface area (Å²) < 4.78 is 1.71. The Morgan fingerprint density at radius 3 is 2.43 bits per heavy atom. The summed E-state index contributed by atoms with van der Waals surface area (Å²) in [5.41, 5.74) is 4.96. The van der Waals surface area contributed by atoms with Gasteiger partial charge >= 0.3 is 6.03 Å². The average molecular weight is 467 g/mol. The number of hydrogen-bond donors (Lipinski definition) is 3. The molecule has 1 fully saturated rings. The van der Waals surface area contributed by atoms with Crippen molar-refractivity contribution in [3.05, 3.63) is 89.5 Å². The van der Waals surface area contributed by atoms with Gasteiger partial charge in [0, 0.05) is 28.9 Å². The summed E-state index contributed by atoms with van der Waals surface area (Å²) in [4.78, 5) is 21.9. The molecule has 3 N–H and O–H groups in total. The lowest BCUT2D eigenvalue weighted by molar-refractivity contribution is 0.109. The predicted molar refractivity (Wildman–Crippen MR) is 132 cm³/mol. The molecule has 8 nitrogen and oxygen atoms in total. The third-order valence-electron chi connectivity index (χ3n) is 7.20. The van der Waals surface area contributed by atoms with Crippen molar-refractivity contribution in [1.82, 2.24) is 25.1 Å². The molecule has 2 amide bonds. The molecule has 2 atom stereocenters. The van der Waals surface area contributed by atoms with E-state index in [1.54, 1.807) is 17.1 Å². The van der Waals surface area contributed by atoms with E-state index in [4.69, 9.17) is 5.10 Å². The first kappa shape index (κ1) is 21.5. The summed E-state index contributed by atoms with van der Waals surface area (Å²) in [6.45, 7) is 3.74. The van der Waals surface area contributed by atoms with Crippen molar-refractivity contribution in [2.24, 2.45) is 0 Å². The lowest BCUT2D eigenvalue weighted by atomic mass is 9.97. The molecule has 1 unspecified atom stereocenters. The third kappa shape index (κ3) is 3.49. The van der Waals surface area contributed by atoms with Crippen LogP contribution in [0.5, 0.6) is 0 Å². The van der Waals surface area contributed by atoms with Crippen LogP contribution in [0.25, 0.3) is 16.9 Å². The number of anilines is 1. The van der Waals surface area contributed by atoms with Crippen LogP contribution in [-0.4, -0.2) is 37.0 Å². The van der Waals surface area contributed by atoms with Gasteiger partial charge in [0.15, 0.2) is 0 Å². The number of aliphatic hydroxyl groups is 1. The zero-order chi connectivity index (χ0) is 24.2. The van der Waals surface area contributed by atoms with E-state index in [1.807, 2.05) is 62.4 Å². The molecule has 1 spiro atoms. The molecule has 2 heterocycles. The van der Waals surface area contributed by atoms with Gasteiger partial charge in [0.1, 0.15) is 17.3 Å². The number of nitrogens with zero attached hydrogens (tertiary/aromatic N) is 4. The van der Waals surface area contributed by atoms with E-state index in [0.717, 1.165) is 40.8 Å². The van der Waals surface area contributed by atoms with E-state index in [0.29, 0.717) is 17.3 Å². The maximum absolute atomic E-state index is 13.3. The molecule has 8 heteroatoms. The molecule has 4 aromatic rings. The van der Waals surface area contributed by atoms with E-state index < -0.39 is 18.2 Å². The molecule has 0 aliphatic heterocycles. The first-order valence-corrected chi connectivity index (χ1v) is 11.8. The fraction of sp³-hybridized carbons (Fsp3) is 0.259. The maximum Gasteiger partial charge on any atom is 0.320 e. The molecule has 35 heavy (non-hydrogen) atoms. The molecule has 2 aromatic carbocycles. The highest BCUT2D eigenvalue weighted by Gasteiger charge is 2.59. The first-order chi connectivity index (χ1) is 17.0. The fourth-order valence-corrected chi connectivity index (χ4v) is 5.20. The van der Waals surface area contributed by atoms with Crippen molar-refractivity contribution in [3.8, 4) is 16.9 Å². The van der Waals surface area contributed by atoms with Crippen molar-refractivity contribution in [3.63, 3.8) is 0 Å². The minimum absolute atomic E-state index is 0.227. The number of urea groups is 1. The van der Waals surface area contributed by atoms with Gasteiger partial charge in [0.2, 0.25) is 0 Å². The summed E-state index contributed by atoms with van der Waals surface area (Å²) in [5, 5.41) is 21.9. The first-order valence-electron chi connectivity index (χ1n) is 11.8. The van der Waals surface area contributed by atoms with Gasteiger partial charge in [0.05, 0.1) is 17.8 Å². The smallest absolute Gasteiger partial charge is 0.320 e. The third-order valence-corrected chi connectivity index (χ3v) is 7.20. The normalized spacial score (nSPS) is 19.4. The average Bonchev–Trinajstić information content (AvgIpc) is 3.58. The molecule has 0 saturated heterocycles. The minimum atomic E-state index is -0.647. The van der Waals surface area contributed by atoms with Gasteiger partial charge in [-0.2, -0.15) is 5.10 Å². The largest absolute Gasteiger partial charge is 0.390 e. The minimum Gasteiger partial charge on any atom is -0.390 e. The van der Waals surface area contributed by atoms with Crippen LogP contribution < -0.4 is 10.6 Å². The van der Waals surface area contributed by atoms with Gasteiger partial charge < -0.3 is 10.4 Å². The number of fused-ring (bicyclic) bond motifs is 2. The molecule has 0 bridgehead atoms. The van der Waals surface area contributed by atoms with Crippen LogP contribution in [0.2, 0.25) is 0 Å². The van der Waals surface area contributed by atoms with Crippen LogP contribution in [0.4, 0.5) is 10.6 Å².